The van der Waals surface area contributed by atoms with Crippen LogP contribution in [0.15, 0.2) is 0 Å². The van der Waals surface area contributed by atoms with Gasteiger partial charge in [0.15, 0.2) is 10.1 Å². The molecule has 1 N–H and O–H groups in total. The van der Waals surface area contributed by atoms with Crippen LogP contribution in [0.25, 0.3) is 0 Å². The van der Waals surface area contributed by atoms with Gasteiger partial charge in [0.2, 0.25) is 0 Å². The number of aliphatic hydroxyl groups is 1. The summed E-state index contributed by atoms with van der Waals surface area (Å²) < 4.78 is 89.4. The number of alkyl halides is 4. The van der Waals surface area contributed by atoms with Crippen LogP contribution < -0.4 is 0 Å². The van der Waals surface area contributed by atoms with Crippen LogP contribution in [0, 0.1) is 11.8 Å². The first-order valence-corrected chi connectivity index (χ1v) is 9.73. The zero-order valence-corrected chi connectivity index (χ0v) is 14.5. The third kappa shape index (κ3) is 3.33. The van der Waals surface area contributed by atoms with Gasteiger partial charge in [0.1, 0.15) is 5.60 Å². The molecule has 0 aromatic rings. The zero-order valence-electron chi connectivity index (χ0n) is 13.7. The second kappa shape index (κ2) is 5.78. The summed E-state index contributed by atoms with van der Waals surface area (Å²) >= 11 is 0. The first-order valence-electron chi connectivity index (χ1n) is 8.32. The topological polar surface area (TPSA) is 104 Å². The summed E-state index contributed by atoms with van der Waals surface area (Å²) in [5, 5.41) is 4.71. The molecule has 4 aliphatic rings. The molecule has 0 spiro atoms. The quantitative estimate of drug-likeness (QED) is 0.414. The van der Waals surface area contributed by atoms with Gasteiger partial charge in [0.05, 0.1) is 12.0 Å². The Morgan fingerprint density at radius 3 is 2.15 bits per heavy atom. The number of halogens is 4. The summed E-state index contributed by atoms with van der Waals surface area (Å²) in [5.41, 5.74) is -1.95. The standard InChI is InChI=1S/C15H20F4O6S/c16-14(17,15(18,19)26(22,23)24)2-1-11(20)25-13-6-9-3-10(7-13)5-12(21,4-9)8-13/h9-10,21H,1-8H2,(H,22,23,24)/p-1. The molecule has 0 radical (unpaired) electrons. The van der Waals surface area contributed by atoms with Gasteiger partial charge in [0, 0.05) is 12.8 Å². The highest BCUT2D eigenvalue weighted by molar-refractivity contribution is 7.86. The predicted molar refractivity (Wildman–Crippen MR) is 77.3 cm³/mol. The SMILES string of the molecule is O=C(CCC(F)(F)C(F)(F)S(=O)(=O)[O-])OC12CC3CC(CC(O)(C3)C1)C2. The smallest absolute Gasteiger partial charge is 0.396 e. The van der Waals surface area contributed by atoms with Crippen LogP contribution in [0.3, 0.4) is 0 Å². The molecule has 4 bridgehead atoms. The van der Waals surface area contributed by atoms with E-state index in [0.717, 1.165) is 6.42 Å². The molecule has 0 aromatic heterocycles. The van der Waals surface area contributed by atoms with Gasteiger partial charge in [0.25, 0.3) is 0 Å². The predicted octanol–water partition coefficient (Wildman–Crippen LogP) is 2.17. The van der Waals surface area contributed by atoms with Crippen LogP contribution in [-0.2, 0) is 19.6 Å². The van der Waals surface area contributed by atoms with Gasteiger partial charge in [-0.1, -0.05) is 0 Å². The maximum absolute atomic E-state index is 13.4. The van der Waals surface area contributed by atoms with Gasteiger partial charge in [-0.25, -0.2) is 8.42 Å². The molecule has 0 aromatic carbocycles. The lowest BCUT2D eigenvalue weighted by atomic mass is 9.52. The second-order valence-electron chi connectivity index (χ2n) is 8.02. The number of hydrogen-bond donors (Lipinski definition) is 1. The van der Waals surface area contributed by atoms with E-state index in [1.54, 1.807) is 0 Å². The summed E-state index contributed by atoms with van der Waals surface area (Å²) in [6.07, 6.45) is 0.246. The fraction of sp³-hybridized carbons (Fsp3) is 0.933. The van der Waals surface area contributed by atoms with Crippen molar-refractivity contribution in [3.8, 4) is 0 Å². The van der Waals surface area contributed by atoms with Crippen LogP contribution in [-0.4, -0.2) is 46.4 Å². The molecule has 0 amide bonds. The first-order chi connectivity index (χ1) is 11.7. The monoisotopic (exact) mass is 403 g/mol. The Balaban J connectivity index is 1.63. The highest BCUT2D eigenvalue weighted by Crippen LogP contribution is 2.59. The van der Waals surface area contributed by atoms with Crippen molar-refractivity contribution in [2.24, 2.45) is 11.8 Å². The Hall–Kier alpha value is -0.940. The molecule has 0 heterocycles. The van der Waals surface area contributed by atoms with Gasteiger partial charge < -0.3 is 14.4 Å². The van der Waals surface area contributed by atoms with Gasteiger partial charge in [-0.2, -0.15) is 17.6 Å². The van der Waals surface area contributed by atoms with Gasteiger partial charge >= 0.3 is 17.1 Å². The van der Waals surface area contributed by atoms with Crippen molar-refractivity contribution >= 4 is 16.1 Å². The van der Waals surface area contributed by atoms with Crippen LogP contribution >= 0.6 is 0 Å². The molecular weight excluding hydrogens is 384 g/mol. The van der Waals surface area contributed by atoms with Gasteiger partial charge in [-0.05, 0) is 43.9 Å². The minimum atomic E-state index is -6.58. The second-order valence-corrected chi connectivity index (χ2v) is 9.44. The van der Waals surface area contributed by atoms with Crippen molar-refractivity contribution in [3.63, 3.8) is 0 Å². The summed E-state index contributed by atoms with van der Waals surface area (Å²) in [4.78, 5) is 11.9. The molecule has 0 saturated heterocycles. The van der Waals surface area contributed by atoms with Gasteiger partial charge in [-0.15, -0.1) is 0 Å². The van der Waals surface area contributed by atoms with Crippen molar-refractivity contribution in [3.05, 3.63) is 0 Å². The minimum absolute atomic E-state index is 0.158. The average Bonchev–Trinajstić information content (AvgIpc) is 2.40. The molecule has 4 fully saturated rings. The van der Waals surface area contributed by atoms with E-state index in [4.69, 9.17) is 4.74 Å². The Morgan fingerprint density at radius 1 is 1.15 bits per heavy atom. The maximum Gasteiger partial charge on any atom is 0.396 e. The molecule has 26 heavy (non-hydrogen) atoms. The Kier molecular flexibility index (Phi) is 4.40. The minimum Gasteiger partial charge on any atom is -0.743 e. The lowest BCUT2D eigenvalue weighted by Crippen LogP contribution is -2.60. The molecule has 4 saturated carbocycles. The first kappa shape index (κ1) is 19.8. The summed E-state index contributed by atoms with van der Waals surface area (Å²) in [5.74, 6) is -6.04. The summed E-state index contributed by atoms with van der Waals surface area (Å²) in [6, 6.07) is 0. The van der Waals surface area contributed by atoms with E-state index < -0.39 is 51.3 Å². The number of ether oxygens (including phenoxy) is 1. The Morgan fingerprint density at radius 2 is 1.69 bits per heavy atom. The largest absolute Gasteiger partial charge is 0.743 e. The molecule has 2 unspecified atom stereocenters. The molecule has 6 nitrogen and oxygen atoms in total. The number of carbonyl (C=O) groups is 1. The van der Waals surface area contributed by atoms with Crippen LogP contribution in [0.1, 0.15) is 51.4 Å². The summed E-state index contributed by atoms with van der Waals surface area (Å²) in [7, 11) is -6.58. The zero-order chi connectivity index (χ0) is 19.6. The Bertz CT molecular complexity index is 693. The van der Waals surface area contributed by atoms with Crippen LogP contribution in [0.4, 0.5) is 17.6 Å². The molecule has 2 atom stereocenters. The van der Waals surface area contributed by atoms with E-state index in [2.05, 4.69) is 0 Å². The number of carbonyl (C=O) groups excluding carboxylic acids is 1. The van der Waals surface area contributed by atoms with Crippen molar-refractivity contribution in [2.75, 3.05) is 0 Å². The average molecular weight is 403 g/mol. The third-order valence-corrected chi connectivity index (χ3v) is 6.62. The van der Waals surface area contributed by atoms with Crippen molar-refractivity contribution < 1.29 is 45.2 Å². The number of esters is 1. The molecule has 11 heteroatoms. The van der Waals surface area contributed by atoms with E-state index in [9.17, 15) is 40.4 Å². The van der Waals surface area contributed by atoms with Crippen LogP contribution in [0.5, 0.6) is 0 Å². The molecule has 0 aliphatic heterocycles. The normalized spacial score (nSPS) is 37.0. The van der Waals surface area contributed by atoms with E-state index in [1.165, 1.54) is 0 Å². The lowest BCUT2D eigenvalue weighted by Gasteiger charge is -2.59. The van der Waals surface area contributed by atoms with E-state index >= 15 is 0 Å². The third-order valence-electron chi connectivity index (χ3n) is 5.69. The van der Waals surface area contributed by atoms with E-state index in [0.29, 0.717) is 25.7 Å². The van der Waals surface area contributed by atoms with E-state index in [1.807, 2.05) is 0 Å². The fourth-order valence-corrected chi connectivity index (χ4v) is 5.60. The molecule has 150 valence electrons. The summed E-state index contributed by atoms with van der Waals surface area (Å²) in [6.45, 7) is 0. The fourth-order valence-electron chi connectivity index (χ4n) is 5.13. The number of hydrogen-bond acceptors (Lipinski definition) is 6. The highest BCUT2D eigenvalue weighted by Gasteiger charge is 2.62. The molecule has 4 aliphatic carbocycles. The lowest BCUT2D eigenvalue weighted by molar-refractivity contribution is -0.222. The van der Waals surface area contributed by atoms with Crippen molar-refractivity contribution in [1.82, 2.24) is 0 Å². The van der Waals surface area contributed by atoms with E-state index in [-0.39, 0.29) is 18.3 Å². The highest BCUT2D eigenvalue weighted by atomic mass is 32.2. The molecular formula is C15H19F4O6S-. The van der Waals surface area contributed by atoms with Crippen molar-refractivity contribution in [2.45, 2.75) is 73.7 Å². The molecule has 4 rings (SSSR count). The maximum atomic E-state index is 13.4. The van der Waals surface area contributed by atoms with Gasteiger partial charge in [-0.3, -0.25) is 4.79 Å². The number of rotatable bonds is 6. The van der Waals surface area contributed by atoms with Crippen molar-refractivity contribution in [1.29, 1.82) is 0 Å². The Labute approximate surface area is 147 Å². The van der Waals surface area contributed by atoms with Crippen LogP contribution in [0.2, 0.25) is 0 Å².